The standard InChI is InChI=1S/C10H17F3N2OS/c1-7(9(16)15-6-10(11,12)13)14-5-8-3-2-4-17-8/h7-8,14H,2-6H2,1H3,(H,15,16). The van der Waals surface area contributed by atoms with Gasteiger partial charge in [0.2, 0.25) is 5.91 Å². The van der Waals surface area contributed by atoms with E-state index in [1.54, 1.807) is 6.92 Å². The number of hydrogen-bond acceptors (Lipinski definition) is 3. The van der Waals surface area contributed by atoms with E-state index in [1.165, 1.54) is 6.42 Å². The second kappa shape index (κ2) is 6.49. The minimum atomic E-state index is -4.35. The van der Waals surface area contributed by atoms with Crippen molar-refractivity contribution in [2.75, 3.05) is 18.8 Å². The summed E-state index contributed by atoms with van der Waals surface area (Å²) in [5.41, 5.74) is 0. The van der Waals surface area contributed by atoms with Gasteiger partial charge in [-0.25, -0.2) is 0 Å². The molecule has 1 rings (SSSR count). The molecule has 1 saturated heterocycles. The third-order valence-electron chi connectivity index (χ3n) is 2.53. The first-order valence-corrected chi connectivity index (χ1v) is 6.63. The Kier molecular flexibility index (Phi) is 5.58. The van der Waals surface area contributed by atoms with Gasteiger partial charge in [-0.15, -0.1) is 0 Å². The predicted molar refractivity (Wildman–Crippen MR) is 62.0 cm³/mol. The van der Waals surface area contributed by atoms with E-state index < -0.39 is 24.7 Å². The number of alkyl halides is 3. The van der Waals surface area contributed by atoms with E-state index in [1.807, 2.05) is 17.1 Å². The normalized spacial score (nSPS) is 22.5. The van der Waals surface area contributed by atoms with E-state index in [-0.39, 0.29) is 0 Å². The molecule has 1 amide bonds. The molecular weight excluding hydrogens is 253 g/mol. The molecule has 0 aliphatic carbocycles. The Morgan fingerprint density at radius 1 is 1.53 bits per heavy atom. The van der Waals surface area contributed by atoms with Gasteiger partial charge in [-0.2, -0.15) is 24.9 Å². The highest BCUT2D eigenvalue weighted by Crippen LogP contribution is 2.25. The molecule has 0 aromatic heterocycles. The van der Waals surface area contributed by atoms with Gasteiger partial charge in [0.25, 0.3) is 0 Å². The van der Waals surface area contributed by atoms with E-state index in [0.29, 0.717) is 11.8 Å². The van der Waals surface area contributed by atoms with E-state index in [0.717, 1.165) is 12.2 Å². The zero-order valence-electron chi connectivity index (χ0n) is 9.64. The smallest absolute Gasteiger partial charge is 0.346 e. The minimum absolute atomic E-state index is 0.480. The molecule has 1 aliphatic rings. The Balaban J connectivity index is 2.17. The molecule has 1 aliphatic heterocycles. The fourth-order valence-corrected chi connectivity index (χ4v) is 2.76. The van der Waals surface area contributed by atoms with Crippen molar-refractivity contribution in [2.45, 2.75) is 37.2 Å². The van der Waals surface area contributed by atoms with E-state index in [2.05, 4.69) is 5.32 Å². The van der Waals surface area contributed by atoms with Crippen LogP contribution >= 0.6 is 11.8 Å². The Morgan fingerprint density at radius 2 is 2.24 bits per heavy atom. The van der Waals surface area contributed by atoms with Gasteiger partial charge in [-0.1, -0.05) is 0 Å². The van der Waals surface area contributed by atoms with Crippen molar-refractivity contribution in [3.8, 4) is 0 Å². The van der Waals surface area contributed by atoms with Crippen molar-refractivity contribution in [3.05, 3.63) is 0 Å². The molecule has 1 fully saturated rings. The quantitative estimate of drug-likeness (QED) is 0.796. The SMILES string of the molecule is CC(NCC1CCCS1)C(=O)NCC(F)(F)F. The van der Waals surface area contributed by atoms with Gasteiger partial charge in [0.15, 0.2) is 0 Å². The van der Waals surface area contributed by atoms with Crippen LogP contribution in [0.5, 0.6) is 0 Å². The molecule has 0 spiro atoms. The lowest BCUT2D eigenvalue weighted by Crippen LogP contribution is -2.46. The molecule has 100 valence electrons. The molecule has 17 heavy (non-hydrogen) atoms. The van der Waals surface area contributed by atoms with E-state index >= 15 is 0 Å². The lowest BCUT2D eigenvalue weighted by molar-refractivity contribution is -0.139. The summed E-state index contributed by atoms with van der Waals surface area (Å²) in [5, 5.41) is 5.30. The number of amides is 1. The molecule has 0 saturated carbocycles. The van der Waals surface area contributed by atoms with Crippen molar-refractivity contribution in [3.63, 3.8) is 0 Å². The van der Waals surface area contributed by atoms with Crippen LogP contribution in [0, 0.1) is 0 Å². The average Bonchev–Trinajstić information content (AvgIpc) is 2.74. The van der Waals surface area contributed by atoms with Crippen LogP contribution in [0.2, 0.25) is 0 Å². The van der Waals surface area contributed by atoms with Gasteiger partial charge < -0.3 is 10.6 Å². The summed E-state index contributed by atoms with van der Waals surface area (Å²) in [4.78, 5) is 11.3. The highest BCUT2D eigenvalue weighted by molar-refractivity contribution is 8.00. The molecule has 1 heterocycles. The first kappa shape index (κ1) is 14.6. The number of rotatable bonds is 5. The highest BCUT2D eigenvalue weighted by Gasteiger charge is 2.28. The van der Waals surface area contributed by atoms with Crippen LogP contribution in [0.4, 0.5) is 13.2 Å². The number of hydrogen-bond donors (Lipinski definition) is 2. The third-order valence-corrected chi connectivity index (χ3v) is 3.93. The molecular formula is C10H17F3N2OS. The average molecular weight is 270 g/mol. The second-order valence-electron chi connectivity index (χ2n) is 4.10. The van der Waals surface area contributed by atoms with Crippen molar-refractivity contribution in [1.29, 1.82) is 0 Å². The van der Waals surface area contributed by atoms with Gasteiger partial charge in [0.1, 0.15) is 6.54 Å². The molecule has 2 unspecified atom stereocenters. The number of halogens is 3. The van der Waals surface area contributed by atoms with E-state index in [9.17, 15) is 18.0 Å². The summed E-state index contributed by atoms with van der Waals surface area (Å²) in [6.07, 6.45) is -2.07. The summed E-state index contributed by atoms with van der Waals surface area (Å²) in [6.45, 7) is 0.979. The van der Waals surface area contributed by atoms with Crippen molar-refractivity contribution >= 4 is 17.7 Å². The maximum Gasteiger partial charge on any atom is 0.405 e. The van der Waals surface area contributed by atoms with Gasteiger partial charge >= 0.3 is 6.18 Å². The molecule has 0 aromatic rings. The molecule has 7 heteroatoms. The lowest BCUT2D eigenvalue weighted by Gasteiger charge is -2.17. The van der Waals surface area contributed by atoms with E-state index in [4.69, 9.17) is 0 Å². The maximum atomic E-state index is 11.9. The molecule has 0 radical (unpaired) electrons. The van der Waals surface area contributed by atoms with Crippen LogP contribution in [-0.2, 0) is 4.79 Å². The lowest BCUT2D eigenvalue weighted by atomic mass is 10.2. The van der Waals surface area contributed by atoms with Crippen molar-refractivity contribution in [2.24, 2.45) is 0 Å². The monoisotopic (exact) mass is 270 g/mol. The zero-order valence-corrected chi connectivity index (χ0v) is 10.5. The third kappa shape index (κ3) is 6.16. The van der Waals surface area contributed by atoms with Crippen molar-refractivity contribution < 1.29 is 18.0 Å². The summed E-state index contributed by atoms with van der Waals surface area (Å²) in [7, 11) is 0. The Labute approximate surface area is 103 Å². The van der Waals surface area contributed by atoms with Crippen LogP contribution in [0.25, 0.3) is 0 Å². The number of thioether (sulfide) groups is 1. The maximum absolute atomic E-state index is 11.9. The minimum Gasteiger partial charge on any atom is -0.346 e. The van der Waals surface area contributed by atoms with Gasteiger partial charge in [-0.3, -0.25) is 4.79 Å². The van der Waals surface area contributed by atoms with Crippen LogP contribution in [0.3, 0.4) is 0 Å². The molecule has 0 bridgehead atoms. The number of carbonyl (C=O) groups is 1. The fourth-order valence-electron chi connectivity index (χ4n) is 1.55. The number of carbonyl (C=O) groups excluding carboxylic acids is 1. The second-order valence-corrected chi connectivity index (χ2v) is 5.51. The topological polar surface area (TPSA) is 41.1 Å². The van der Waals surface area contributed by atoms with Crippen LogP contribution in [-0.4, -0.2) is 42.2 Å². The highest BCUT2D eigenvalue weighted by atomic mass is 32.2. The Hall–Kier alpha value is -0.430. The van der Waals surface area contributed by atoms with Gasteiger partial charge in [-0.05, 0) is 25.5 Å². The fraction of sp³-hybridized carbons (Fsp3) is 0.900. The number of nitrogens with one attached hydrogen (secondary N) is 2. The van der Waals surface area contributed by atoms with Gasteiger partial charge in [0, 0.05) is 11.8 Å². The molecule has 2 N–H and O–H groups in total. The van der Waals surface area contributed by atoms with Crippen LogP contribution in [0.1, 0.15) is 19.8 Å². The summed E-state index contributed by atoms with van der Waals surface area (Å²) in [5.74, 6) is 0.520. The van der Waals surface area contributed by atoms with Gasteiger partial charge in [0.05, 0.1) is 6.04 Å². The first-order valence-electron chi connectivity index (χ1n) is 5.58. The molecule has 3 nitrogen and oxygen atoms in total. The van der Waals surface area contributed by atoms with Crippen LogP contribution in [0.15, 0.2) is 0 Å². The summed E-state index contributed by atoms with van der Waals surface area (Å²) < 4.78 is 35.6. The predicted octanol–water partition coefficient (Wildman–Crippen LogP) is 1.54. The summed E-state index contributed by atoms with van der Waals surface area (Å²) >= 11 is 1.84. The first-order chi connectivity index (χ1) is 7.88. The Bertz CT molecular complexity index is 254. The largest absolute Gasteiger partial charge is 0.405 e. The van der Waals surface area contributed by atoms with Crippen molar-refractivity contribution in [1.82, 2.24) is 10.6 Å². The van der Waals surface area contributed by atoms with Crippen LogP contribution < -0.4 is 10.6 Å². The molecule has 0 aromatic carbocycles. The summed E-state index contributed by atoms with van der Waals surface area (Å²) in [6, 6.07) is -0.585. The molecule has 2 atom stereocenters. The Morgan fingerprint density at radius 3 is 2.76 bits per heavy atom. The zero-order chi connectivity index (χ0) is 12.9.